The molecule has 0 heterocycles. The third kappa shape index (κ3) is 4.87. The van der Waals surface area contributed by atoms with Crippen LogP contribution in [0.4, 0.5) is 0 Å². The van der Waals surface area contributed by atoms with E-state index in [1.54, 1.807) is 38.5 Å². The van der Waals surface area contributed by atoms with Gasteiger partial charge in [0.15, 0.2) is 0 Å². The molecule has 33 heavy (non-hydrogen) atoms. The van der Waals surface area contributed by atoms with E-state index < -0.39 is 15.7 Å². The molecule has 4 rings (SSSR count). The molecule has 4 aliphatic rings. The summed E-state index contributed by atoms with van der Waals surface area (Å²) in [6, 6.07) is 0. The molecule has 0 spiro atoms. The van der Waals surface area contributed by atoms with Gasteiger partial charge in [-0.05, 0) is 71.8 Å². The van der Waals surface area contributed by atoms with E-state index in [1.807, 2.05) is 0 Å². The average molecular weight is 497 g/mol. The molecular weight excluding hydrogens is 440 g/mol. The Labute approximate surface area is 225 Å². The third-order valence-electron chi connectivity index (χ3n) is 11.4. The second-order valence-electron chi connectivity index (χ2n) is 16.9. The van der Waals surface area contributed by atoms with Crippen molar-refractivity contribution in [2.24, 2.45) is 23.2 Å². The monoisotopic (exact) mass is 496 g/mol. The molecule has 0 aliphatic heterocycles. The van der Waals surface area contributed by atoms with Gasteiger partial charge in [-0.1, -0.05) is 114 Å². The topological polar surface area (TPSA) is 0 Å². The van der Waals surface area contributed by atoms with Gasteiger partial charge >= 0.3 is 18.9 Å². The van der Waals surface area contributed by atoms with Crippen molar-refractivity contribution in [1.82, 2.24) is 0 Å². The van der Waals surface area contributed by atoms with E-state index in [-0.39, 0.29) is 18.9 Å². The van der Waals surface area contributed by atoms with Crippen LogP contribution in [0.1, 0.15) is 122 Å². The Balaban J connectivity index is 0.00000385. The summed E-state index contributed by atoms with van der Waals surface area (Å²) in [6.07, 6.45) is 9.34. The summed E-state index contributed by atoms with van der Waals surface area (Å²) in [4.78, 5) is 2.21. The van der Waals surface area contributed by atoms with Gasteiger partial charge in [-0.25, -0.2) is 0 Å². The zero-order chi connectivity index (χ0) is 24.8. The summed E-state index contributed by atoms with van der Waals surface area (Å²) in [7, 11) is -2.25. The van der Waals surface area contributed by atoms with E-state index in [9.17, 15) is 0 Å². The Bertz CT molecular complexity index is 688. The maximum absolute atomic E-state index is 2.86. The van der Waals surface area contributed by atoms with Crippen molar-refractivity contribution >= 4 is 29.1 Å². The molecular formula is C29H57LiSi3. The molecule has 0 radical (unpaired) electrons. The van der Waals surface area contributed by atoms with Gasteiger partial charge in [0.05, 0.1) is 0 Å². The quantitative estimate of drug-likeness (QED) is 0.392. The Morgan fingerprint density at radius 2 is 0.909 bits per heavy atom. The van der Waals surface area contributed by atoms with Crippen LogP contribution in [-0.2, 0) is 0 Å². The summed E-state index contributed by atoms with van der Waals surface area (Å²) in [5, 5.41) is 1.68. The van der Waals surface area contributed by atoms with Crippen LogP contribution in [0, 0.1) is 23.2 Å². The summed E-state index contributed by atoms with van der Waals surface area (Å²) < 4.78 is 0. The number of hydrogen-bond acceptors (Lipinski definition) is 0. The van der Waals surface area contributed by atoms with E-state index in [2.05, 4.69) is 101 Å². The van der Waals surface area contributed by atoms with Gasteiger partial charge in [-0.3, -0.25) is 4.79 Å². The van der Waals surface area contributed by atoms with E-state index in [0.29, 0.717) is 25.6 Å². The minimum absolute atomic E-state index is 0. The van der Waals surface area contributed by atoms with Crippen LogP contribution >= 0.6 is 0 Å². The van der Waals surface area contributed by atoms with Gasteiger partial charge in [0, 0.05) is 8.07 Å². The molecule has 4 aliphatic carbocycles. The van der Waals surface area contributed by atoms with Crippen LogP contribution in [0.2, 0.25) is 33.2 Å². The standard InChI is InChI=1S/C29H57Si3.Li/c1-25(2,3)31(13,26(4,5)6)24(30-32(14,27(7,8)9)28(10,11)12)29-18-21-15-22(19-29)17-23(16-21)20-29;/h21-23H,15-20H2,1-14H3;/q-1;+1. The van der Waals surface area contributed by atoms with Gasteiger partial charge in [0.2, 0.25) is 0 Å². The van der Waals surface area contributed by atoms with E-state index in [4.69, 9.17) is 0 Å². The van der Waals surface area contributed by atoms with Crippen LogP contribution in [0.5, 0.6) is 0 Å². The van der Waals surface area contributed by atoms with Gasteiger partial charge < -0.3 is 8.65 Å². The molecule has 186 valence electrons. The predicted octanol–water partition coefficient (Wildman–Crippen LogP) is 6.48. The molecule has 0 unspecified atom stereocenters. The minimum atomic E-state index is -1.77. The van der Waals surface area contributed by atoms with Crippen molar-refractivity contribution in [2.45, 2.75) is 155 Å². The SMILES string of the molecule is CC(C)(C)[Si](C)([Si-]=C(C12CC3CC(CC(C3)C1)C2)[Si](C)(C(C)(C)C)C(C)(C)C)C(C)(C)C.[Li+]. The smallest absolute Gasteiger partial charge is 0.447 e. The fourth-order valence-electron chi connectivity index (χ4n) is 8.83. The largest absolute Gasteiger partial charge is 1.00 e. The van der Waals surface area contributed by atoms with Crippen LogP contribution in [0.25, 0.3) is 0 Å². The van der Waals surface area contributed by atoms with Crippen LogP contribution < -0.4 is 18.9 Å². The summed E-state index contributed by atoms with van der Waals surface area (Å²) >= 11 is 0. The fourth-order valence-corrected chi connectivity index (χ4v) is 30.3. The van der Waals surface area contributed by atoms with Crippen molar-refractivity contribution < 1.29 is 18.9 Å². The average Bonchev–Trinajstić information content (AvgIpc) is 2.53. The normalized spacial score (nSPS) is 31.6. The Kier molecular flexibility index (Phi) is 8.14. The van der Waals surface area contributed by atoms with Crippen molar-refractivity contribution in [3.8, 4) is 0 Å². The van der Waals surface area contributed by atoms with Crippen LogP contribution in [0.3, 0.4) is 0 Å². The Morgan fingerprint density at radius 1 is 0.606 bits per heavy atom. The molecule has 4 fully saturated rings. The molecule has 4 saturated carbocycles. The maximum Gasteiger partial charge on any atom is 1.00 e. The second-order valence-corrected chi connectivity index (χ2v) is 32.9. The van der Waals surface area contributed by atoms with Crippen molar-refractivity contribution in [2.75, 3.05) is 0 Å². The van der Waals surface area contributed by atoms with E-state index in [1.165, 1.54) is 0 Å². The Morgan fingerprint density at radius 3 is 1.15 bits per heavy atom. The van der Waals surface area contributed by atoms with Gasteiger partial charge in [0.25, 0.3) is 0 Å². The molecule has 4 heteroatoms. The second kappa shape index (κ2) is 8.85. The first-order chi connectivity index (χ1) is 14.1. The van der Waals surface area contributed by atoms with Crippen molar-refractivity contribution in [3.63, 3.8) is 0 Å². The molecule has 0 saturated heterocycles. The third-order valence-corrected chi connectivity index (χ3v) is 35.6. The Hall–Kier alpha value is 1.12. The molecule has 0 N–H and O–H groups in total. The van der Waals surface area contributed by atoms with Crippen LogP contribution in [-0.4, -0.2) is 29.1 Å². The van der Waals surface area contributed by atoms with E-state index >= 15 is 0 Å². The molecule has 0 nitrogen and oxygen atoms in total. The summed E-state index contributed by atoms with van der Waals surface area (Å²) in [5.74, 6) is 3.12. The minimum Gasteiger partial charge on any atom is -0.447 e. The molecule has 0 aromatic rings. The van der Waals surface area contributed by atoms with Gasteiger partial charge in [-0.2, -0.15) is 0 Å². The molecule has 0 atom stereocenters. The zero-order valence-electron chi connectivity index (χ0n) is 25.5. The number of rotatable bonds is 3. The van der Waals surface area contributed by atoms with Gasteiger partial charge in [0.1, 0.15) is 0 Å². The first-order valence-electron chi connectivity index (χ1n) is 13.7. The fraction of sp³-hybridized carbons (Fsp3) is 0.966. The summed E-state index contributed by atoms with van der Waals surface area (Å²) in [6.45, 7) is 37.0. The molecule has 0 aromatic heterocycles. The molecule has 0 amide bonds. The number of hydrogen-bond donors (Lipinski definition) is 0. The van der Waals surface area contributed by atoms with Crippen molar-refractivity contribution in [1.29, 1.82) is 0 Å². The first-order valence-corrected chi connectivity index (χ1v) is 20.7. The molecule has 4 bridgehead atoms. The van der Waals surface area contributed by atoms with Gasteiger partial charge in [-0.15, -0.1) is 0 Å². The zero-order valence-corrected chi connectivity index (χ0v) is 28.5. The van der Waals surface area contributed by atoms with Crippen molar-refractivity contribution in [3.05, 3.63) is 0 Å². The summed E-state index contributed by atoms with van der Waals surface area (Å²) in [5.41, 5.74) is 0.583. The first kappa shape index (κ1) is 30.3. The van der Waals surface area contributed by atoms with Crippen LogP contribution in [0.15, 0.2) is 0 Å². The maximum atomic E-state index is 2.86. The molecule has 0 aromatic carbocycles. The van der Waals surface area contributed by atoms with E-state index in [0.717, 1.165) is 26.4 Å². The predicted molar refractivity (Wildman–Crippen MR) is 153 cm³/mol.